The highest BCUT2D eigenvalue weighted by Gasteiger charge is 2.22. The molecule has 1 fully saturated rings. The summed E-state index contributed by atoms with van der Waals surface area (Å²) in [4.78, 5) is 13.7. The highest BCUT2D eigenvalue weighted by molar-refractivity contribution is 7.07. The van der Waals surface area contributed by atoms with Gasteiger partial charge in [0.25, 0.3) is 0 Å². The van der Waals surface area contributed by atoms with Gasteiger partial charge in [-0.05, 0) is 55.7 Å². The molecule has 1 N–H and O–H groups in total. The Balaban J connectivity index is 1.57. The molecule has 0 saturated heterocycles. The first kappa shape index (κ1) is 23.1. The molecule has 5 rings (SSSR count). The molecule has 8 heteroatoms. The zero-order chi connectivity index (χ0) is 24.2. The van der Waals surface area contributed by atoms with Gasteiger partial charge in [0.1, 0.15) is 5.58 Å². The number of hydrogen-bond donors (Lipinski definition) is 1. The highest BCUT2D eigenvalue weighted by Crippen LogP contribution is 2.32. The van der Waals surface area contributed by atoms with Gasteiger partial charge in [0.2, 0.25) is 4.80 Å². The number of fused-ring (bicyclic) bond motifs is 1. The molecule has 2 aromatic heterocycles. The van der Waals surface area contributed by atoms with Gasteiger partial charge < -0.3 is 18.8 Å². The second kappa shape index (κ2) is 10.3. The molecule has 35 heavy (non-hydrogen) atoms. The first-order valence-electron chi connectivity index (χ1n) is 11.9. The monoisotopic (exact) mass is 489 g/mol. The number of nitrogens with zero attached hydrogens (tertiary/aromatic N) is 3. The first-order valence-corrected chi connectivity index (χ1v) is 12.8. The van der Waals surface area contributed by atoms with Crippen molar-refractivity contribution in [3.8, 4) is 22.8 Å². The van der Waals surface area contributed by atoms with E-state index in [1.165, 1.54) is 17.8 Å². The minimum atomic E-state index is -0.353. The quantitative estimate of drug-likeness (QED) is 0.208. The minimum Gasteiger partial charge on any atom is -0.504 e. The number of phenolic OH excluding ortho intramolecular Hbond substituents is 1. The maximum Gasteiger partial charge on any atom is 0.345 e. The molecule has 0 unspecified atom stereocenters. The van der Waals surface area contributed by atoms with Crippen LogP contribution in [-0.2, 0) is 0 Å². The van der Waals surface area contributed by atoms with Crippen LogP contribution in [0.15, 0.2) is 73.3 Å². The van der Waals surface area contributed by atoms with E-state index in [0.717, 1.165) is 47.1 Å². The van der Waals surface area contributed by atoms with Crippen molar-refractivity contribution in [2.24, 2.45) is 10.2 Å². The van der Waals surface area contributed by atoms with Gasteiger partial charge in [-0.3, -0.25) is 0 Å². The van der Waals surface area contributed by atoms with Crippen LogP contribution >= 0.6 is 11.3 Å². The number of aromatic nitrogens is 1. The van der Waals surface area contributed by atoms with Gasteiger partial charge in [0.05, 0.1) is 24.1 Å². The molecule has 0 aliphatic heterocycles. The Morgan fingerprint density at radius 1 is 1.17 bits per heavy atom. The van der Waals surface area contributed by atoms with Gasteiger partial charge in [-0.2, -0.15) is 5.10 Å². The van der Waals surface area contributed by atoms with Crippen LogP contribution in [0.3, 0.4) is 0 Å². The summed E-state index contributed by atoms with van der Waals surface area (Å²) in [6, 6.07) is 14.8. The molecular formula is C27H27N3O4S. The fourth-order valence-corrected chi connectivity index (χ4v) is 5.46. The number of benzene rings is 2. The van der Waals surface area contributed by atoms with Crippen molar-refractivity contribution in [1.29, 1.82) is 0 Å². The summed E-state index contributed by atoms with van der Waals surface area (Å²) in [5, 5.41) is 21.6. The van der Waals surface area contributed by atoms with Crippen molar-refractivity contribution >= 4 is 28.5 Å². The summed E-state index contributed by atoms with van der Waals surface area (Å²) in [6.45, 7) is 2.32. The van der Waals surface area contributed by atoms with E-state index in [9.17, 15) is 9.90 Å². The van der Waals surface area contributed by atoms with E-state index in [1.54, 1.807) is 30.5 Å². The number of ether oxygens (including phenoxy) is 1. The predicted octanol–water partition coefficient (Wildman–Crippen LogP) is 5.87. The van der Waals surface area contributed by atoms with E-state index in [-0.39, 0.29) is 17.4 Å². The molecule has 0 spiro atoms. The zero-order valence-electron chi connectivity index (χ0n) is 19.5. The molecule has 0 radical (unpaired) electrons. The van der Waals surface area contributed by atoms with Crippen LogP contribution in [0.2, 0.25) is 0 Å². The molecule has 0 bridgehead atoms. The van der Waals surface area contributed by atoms with Crippen molar-refractivity contribution in [2.75, 3.05) is 6.61 Å². The molecule has 1 saturated carbocycles. The fraction of sp³-hybridized carbons (Fsp3) is 0.296. The molecule has 1 aliphatic rings. The standard InChI is InChI=1S/C27H27N3O4S/c1-2-33-25-14-18(12-13-23(25)31)16-28-29-27-30(20-9-4-3-5-10-20)22(17-35-27)21-15-19-8-6-7-11-24(19)34-26(21)32/h6-8,11-17,20,31H,2-5,9-10H2,1H3/b28-16+,29-27-. The van der Waals surface area contributed by atoms with E-state index >= 15 is 0 Å². The van der Waals surface area contributed by atoms with E-state index in [2.05, 4.69) is 14.8 Å². The Kier molecular flexibility index (Phi) is 6.81. The van der Waals surface area contributed by atoms with E-state index in [1.807, 2.05) is 36.6 Å². The van der Waals surface area contributed by atoms with E-state index in [4.69, 9.17) is 9.15 Å². The van der Waals surface area contributed by atoms with Crippen molar-refractivity contribution in [3.05, 3.63) is 74.7 Å². The summed E-state index contributed by atoms with van der Waals surface area (Å²) in [5.41, 5.74) is 2.35. The lowest BCUT2D eigenvalue weighted by molar-refractivity contribution is 0.318. The Bertz CT molecular complexity index is 1490. The predicted molar refractivity (Wildman–Crippen MR) is 138 cm³/mol. The SMILES string of the molecule is CCOc1cc(/C=N/N=c2\scc(-c3cc4ccccc4oc3=O)n2C2CCCCC2)ccc1O. The number of rotatable bonds is 6. The lowest BCUT2D eigenvalue weighted by Gasteiger charge is -2.24. The van der Waals surface area contributed by atoms with Crippen LogP contribution in [-0.4, -0.2) is 22.5 Å². The third-order valence-corrected chi connectivity index (χ3v) is 7.06. The van der Waals surface area contributed by atoms with Crippen LogP contribution < -0.4 is 15.2 Å². The Labute approximate surface area is 206 Å². The van der Waals surface area contributed by atoms with Gasteiger partial charge >= 0.3 is 5.63 Å². The Hall–Kier alpha value is -3.65. The smallest absolute Gasteiger partial charge is 0.345 e. The van der Waals surface area contributed by atoms with Gasteiger partial charge in [-0.1, -0.05) is 37.5 Å². The number of aromatic hydroxyl groups is 1. The second-order valence-electron chi connectivity index (χ2n) is 8.56. The van der Waals surface area contributed by atoms with Gasteiger partial charge in [0.15, 0.2) is 11.5 Å². The van der Waals surface area contributed by atoms with E-state index in [0.29, 0.717) is 23.5 Å². The first-order chi connectivity index (χ1) is 17.1. The molecule has 180 valence electrons. The van der Waals surface area contributed by atoms with Crippen LogP contribution in [0.5, 0.6) is 11.5 Å². The lowest BCUT2D eigenvalue weighted by Crippen LogP contribution is -2.24. The average Bonchev–Trinajstić information content (AvgIpc) is 3.29. The average molecular weight is 490 g/mol. The Morgan fingerprint density at radius 2 is 2.00 bits per heavy atom. The molecule has 1 aliphatic carbocycles. The number of hydrogen-bond acceptors (Lipinski definition) is 7. The third-order valence-electron chi connectivity index (χ3n) is 6.23. The largest absolute Gasteiger partial charge is 0.504 e. The summed E-state index contributed by atoms with van der Waals surface area (Å²) >= 11 is 1.46. The van der Waals surface area contributed by atoms with Crippen molar-refractivity contribution in [1.82, 2.24) is 4.57 Å². The zero-order valence-corrected chi connectivity index (χ0v) is 20.3. The third kappa shape index (κ3) is 4.93. The number of thiazole rings is 1. The highest BCUT2D eigenvalue weighted by atomic mass is 32.1. The lowest BCUT2D eigenvalue weighted by atomic mass is 9.95. The van der Waals surface area contributed by atoms with Crippen LogP contribution in [0.4, 0.5) is 0 Å². The Morgan fingerprint density at radius 3 is 2.83 bits per heavy atom. The van der Waals surface area contributed by atoms with Crippen LogP contribution in [0.25, 0.3) is 22.2 Å². The van der Waals surface area contributed by atoms with Crippen LogP contribution in [0, 0.1) is 0 Å². The molecule has 0 amide bonds. The van der Waals surface area contributed by atoms with Crippen molar-refractivity contribution in [3.63, 3.8) is 0 Å². The molecule has 2 aromatic carbocycles. The summed E-state index contributed by atoms with van der Waals surface area (Å²) in [7, 11) is 0. The van der Waals surface area contributed by atoms with Gasteiger partial charge in [-0.25, -0.2) is 4.79 Å². The fourth-order valence-electron chi connectivity index (χ4n) is 4.55. The van der Waals surface area contributed by atoms with Gasteiger partial charge in [-0.15, -0.1) is 16.4 Å². The molecule has 2 heterocycles. The summed E-state index contributed by atoms with van der Waals surface area (Å²) in [6.07, 6.45) is 7.23. The van der Waals surface area contributed by atoms with E-state index < -0.39 is 0 Å². The molecule has 0 atom stereocenters. The van der Waals surface area contributed by atoms with Crippen LogP contribution in [0.1, 0.15) is 50.6 Å². The summed E-state index contributed by atoms with van der Waals surface area (Å²) in [5.74, 6) is 0.503. The molecule has 4 aromatic rings. The van der Waals surface area contributed by atoms with Gasteiger partial charge in [0, 0.05) is 16.8 Å². The number of phenols is 1. The maximum atomic E-state index is 12.9. The normalized spacial score (nSPS) is 15.3. The molecular weight excluding hydrogens is 462 g/mol. The number of para-hydroxylation sites is 1. The summed E-state index contributed by atoms with van der Waals surface area (Å²) < 4.78 is 13.2. The second-order valence-corrected chi connectivity index (χ2v) is 9.39. The van der Waals surface area contributed by atoms with Crippen molar-refractivity contribution < 1.29 is 14.3 Å². The minimum absolute atomic E-state index is 0.0909. The molecule has 7 nitrogen and oxygen atoms in total. The topological polar surface area (TPSA) is 89.3 Å². The van der Waals surface area contributed by atoms with Crippen molar-refractivity contribution in [2.45, 2.75) is 45.1 Å². The maximum absolute atomic E-state index is 12.9.